The molecule has 1 aromatic rings. The molecule has 1 saturated carbocycles. The van der Waals surface area contributed by atoms with Crippen LogP contribution >= 0.6 is 34.9 Å². The Morgan fingerprint density at radius 3 is 2.67 bits per heavy atom. The van der Waals surface area contributed by atoms with Gasteiger partial charge in [-0.2, -0.15) is 0 Å². The smallest absolute Gasteiger partial charge is 0.175 e. The first-order valence-corrected chi connectivity index (χ1v) is 7.69. The van der Waals surface area contributed by atoms with Crippen LogP contribution in [0.5, 0.6) is 0 Å². The van der Waals surface area contributed by atoms with Crippen LogP contribution in [0.25, 0.3) is 0 Å². The normalized spacial score (nSPS) is 26.1. The molecule has 0 bridgehead atoms. The van der Waals surface area contributed by atoms with Crippen LogP contribution in [0.4, 0.5) is 0 Å². The molecule has 0 amide bonds. The fourth-order valence-corrected chi connectivity index (χ4v) is 4.49. The maximum atomic E-state index is 11.4. The van der Waals surface area contributed by atoms with Crippen molar-refractivity contribution in [2.24, 2.45) is 5.92 Å². The largest absolute Gasteiger partial charge is 0.299 e. The average molecular weight is 260 g/mol. The van der Waals surface area contributed by atoms with Gasteiger partial charge in [-0.15, -0.1) is 10.2 Å². The van der Waals surface area contributed by atoms with Crippen molar-refractivity contribution in [1.29, 1.82) is 0 Å². The first kappa shape index (κ1) is 11.4. The van der Waals surface area contributed by atoms with E-state index in [0.29, 0.717) is 11.0 Å². The second kappa shape index (κ2) is 4.84. The van der Waals surface area contributed by atoms with Gasteiger partial charge in [-0.05, 0) is 12.7 Å². The molecule has 1 aromatic heterocycles. The van der Waals surface area contributed by atoms with Gasteiger partial charge in [0.25, 0.3) is 0 Å². The van der Waals surface area contributed by atoms with E-state index >= 15 is 0 Å². The molecule has 2 unspecified atom stereocenters. The molecule has 3 nitrogen and oxygen atoms in total. The van der Waals surface area contributed by atoms with Crippen molar-refractivity contribution in [3.8, 4) is 0 Å². The minimum Gasteiger partial charge on any atom is -0.299 e. The Kier molecular flexibility index (Phi) is 3.69. The van der Waals surface area contributed by atoms with E-state index < -0.39 is 0 Å². The molecule has 6 heteroatoms. The van der Waals surface area contributed by atoms with Crippen LogP contribution < -0.4 is 0 Å². The van der Waals surface area contributed by atoms with Crippen LogP contribution in [0.3, 0.4) is 0 Å². The summed E-state index contributed by atoms with van der Waals surface area (Å²) in [4.78, 5) is 11.4. The lowest BCUT2D eigenvalue weighted by Gasteiger charge is -2.10. The van der Waals surface area contributed by atoms with E-state index in [1.54, 1.807) is 34.9 Å². The number of carbonyl (C=O) groups excluding carboxylic acids is 1. The van der Waals surface area contributed by atoms with Crippen molar-refractivity contribution in [1.82, 2.24) is 10.2 Å². The van der Waals surface area contributed by atoms with Crippen LogP contribution in [0.1, 0.15) is 19.8 Å². The first-order chi connectivity index (χ1) is 7.20. The van der Waals surface area contributed by atoms with Crippen LogP contribution in [-0.2, 0) is 4.79 Å². The Labute approximate surface area is 101 Å². The summed E-state index contributed by atoms with van der Waals surface area (Å²) in [5, 5.41) is 8.56. The molecule has 15 heavy (non-hydrogen) atoms. The number of ketones is 1. The van der Waals surface area contributed by atoms with Gasteiger partial charge in [0.2, 0.25) is 0 Å². The van der Waals surface area contributed by atoms with E-state index in [4.69, 9.17) is 0 Å². The molecule has 0 aromatic carbocycles. The zero-order valence-electron chi connectivity index (χ0n) is 8.60. The Morgan fingerprint density at radius 2 is 2.13 bits per heavy atom. The Morgan fingerprint density at radius 1 is 1.40 bits per heavy atom. The number of thioether (sulfide) groups is 2. The molecule has 0 N–H and O–H groups in total. The molecule has 0 spiro atoms. The zero-order chi connectivity index (χ0) is 10.8. The van der Waals surface area contributed by atoms with Gasteiger partial charge in [0.15, 0.2) is 8.68 Å². The summed E-state index contributed by atoms with van der Waals surface area (Å²) in [6.45, 7) is 2.02. The summed E-state index contributed by atoms with van der Waals surface area (Å²) >= 11 is 4.94. The van der Waals surface area contributed by atoms with Crippen molar-refractivity contribution in [2.45, 2.75) is 33.7 Å². The van der Waals surface area contributed by atoms with Crippen LogP contribution in [-0.4, -0.2) is 27.5 Å². The van der Waals surface area contributed by atoms with Crippen molar-refractivity contribution in [3.63, 3.8) is 0 Å². The Bertz CT molecular complexity index is 366. The third kappa shape index (κ3) is 2.54. The van der Waals surface area contributed by atoms with Gasteiger partial charge in [-0.1, -0.05) is 41.8 Å². The molecule has 82 valence electrons. The minimum absolute atomic E-state index is 0.177. The average Bonchev–Trinajstić information content (AvgIpc) is 2.80. The van der Waals surface area contributed by atoms with Crippen LogP contribution in [0, 0.1) is 5.92 Å². The third-order valence-corrected chi connectivity index (χ3v) is 6.02. The van der Waals surface area contributed by atoms with Crippen molar-refractivity contribution in [3.05, 3.63) is 0 Å². The molecule has 1 aliphatic carbocycles. The fraction of sp³-hybridized carbons (Fsp3) is 0.667. The monoisotopic (exact) mass is 260 g/mol. The topological polar surface area (TPSA) is 42.9 Å². The predicted molar refractivity (Wildman–Crippen MR) is 64.7 cm³/mol. The van der Waals surface area contributed by atoms with Crippen LogP contribution in [0.2, 0.25) is 0 Å². The van der Waals surface area contributed by atoms with E-state index in [1.807, 2.05) is 13.2 Å². The van der Waals surface area contributed by atoms with Gasteiger partial charge in [0, 0.05) is 17.6 Å². The minimum atomic E-state index is 0.177. The van der Waals surface area contributed by atoms with Crippen molar-refractivity contribution >= 4 is 40.6 Å². The molecule has 1 aliphatic rings. The SMILES string of the molecule is CSc1nnc(SC2CCC(=O)C2C)s1. The lowest BCUT2D eigenvalue weighted by molar-refractivity contribution is -0.120. The van der Waals surface area contributed by atoms with Gasteiger partial charge >= 0.3 is 0 Å². The highest BCUT2D eigenvalue weighted by Gasteiger charge is 2.32. The number of rotatable bonds is 3. The fourth-order valence-electron chi connectivity index (χ4n) is 1.59. The van der Waals surface area contributed by atoms with Gasteiger partial charge in [-0.3, -0.25) is 4.79 Å². The Balaban J connectivity index is 2.00. The molecular weight excluding hydrogens is 248 g/mol. The molecule has 1 fully saturated rings. The van der Waals surface area contributed by atoms with Gasteiger partial charge in [-0.25, -0.2) is 0 Å². The third-order valence-electron chi connectivity index (χ3n) is 2.56. The Hall–Kier alpha value is -0.0700. The van der Waals surface area contributed by atoms with Crippen LogP contribution in [0.15, 0.2) is 8.68 Å². The van der Waals surface area contributed by atoms with Gasteiger partial charge in [0.1, 0.15) is 5.78 Å². The second-order valence-electron chi connectivity index (χ2n) is 3.49. The summed E-state index contributed by atoms with van der Waals surface area (Å²) < 4.78 is 1.99. The highest BCUT2D eigenvalue weighted by atomic mass is 32.2. The molecule has 1 heterocycles. The quantitative estimate of drug-likeness (QED) is 0.782. The number of aromatic nitrogens is 2. The number of hydrogen-bond donors (Lipinski definition) is 0. The molecular formula is C9H12N2OS3. The maximum Gasteiger partial charge on any atom is 0.175 e. The van der Waals surface area contributed by atoms with Gasteiger partial charge in [0.05, 0.1) is 0 Å². The van der Waals surface area contributed by atoms with E-state index in [0.717, 1.165) is 21.5 Å². The second-order valence-corrected chi connectivity index (χ2v) is 7.01. The molecule has 0 radical (unpaired) electrons. The van der Waals surface area contributed by atoms with E-state index in [9.17, 15) is 4.79 Å². The van der Waals surface area contributed by atoms with E-state index in [-0.39, 0.29) is 5.92 Å². The zero-order valence-corrected chi connectivity index (χ0v) is 11.0. The van der Waals surface area contributed by atoms with Crippen molar-refractivity contribution < 1.29 is 4.79 Å². The number of Topliss-reactive ketones (excluding diaryl/α,β-unsaturated/α-hetero) is 1. The standard InChI is InChI=1S/C9H12N2OS3/c1-5-6(12)3-4-7(5)14-9-11-10-8(13-2)15-9/h5,7H,3-4H2,1-2H3. The summed E-state index contributed by atoms with van der Waals surface area (Å²) in [5.41, 5.74) is 0. The molecule has 2 atom stereocenters. The lowest BCUT2D eigenvalue weighted by atomic mass is 10.1. The van der Waals surface area contributed by atoms with E-state index in [2.05, 4.69) is 10.2 Å². The number of carbonyl (C=O) groups is 1. The van der Waals surface area contributed by atoms with E-state index in [1.165, 1.54) is 0 Å². The van der Waals surface area contributed by atoms with Crippen molar-refractivity contribution in [2.75, 3.05) is 6.26 Å². The summed E-state index contributed by atoms with van der Waals surface area (Å²) in [6.07, 6.45) is 3.71. The number of nitrogens with zero attached hydrogens (tertiary/aromatic N) is 2. The summed E-state index contributed by atoms with van der Waals surface area (Å²) in [5.74, 6) is 0.568. The number of hydrogen-bond acceptors (Lipinski definition) is 6. The summed E-state index contributed by atoms with van der Waals surface area (Å²) in [7, 11) is 0. The summed E-state index contributed by atoms with van der Waals surface area (Å²) in [6, 6.07) is 0. The van der Waals surface area contributed by atoms with Gasteiger partial charge < -0.3 is 0 Å². The first-order valence-electron chi connectivity index (χ1n) is 4.77. The highest BCUT2D eigenvalue weighted by molar-refractivity contribution is 8.03. The highest BCUT2D eigenvalue weighted by Crippen LogP contribution is 2.38. The lowest BCUT2D eigenvalue weighted by Crippen LogP contribution is -2.11. The molecule has 0 aliphatic heterocycles. The predicted octanol–water partition coefficient (Wildman–Crippen LogP) is 2.72. The maximum absolute atomic E-state index is 11.4. The molecule has 0 saturated heterocycles. The molecule has 2 rings (SSSR count).